The number of amides is 1. The number of fused-ring (bicyclic) bond motifs is 2. The molecule has 1 amide bonds. The first-order chi connectivity index (χ1) is 17.2. The van der Waals surface area contributed by atoms with Crippen LogP contribution in [0.2, 0.25) is 0 Å². The number of carbonyl (C=O) groups is 1. The quantitative estimate of drug-likeness (QED) is 0.419. The highest BCUT2D eigenvalue weighted by molar-refractivity contribution is 5.78. The number of aromatic nitrogens is 4. The average Bonchev–Trinajstić information content (AvgIpc) is 3.30. The average molecular weight is 499 g/mol. The highest BCUT2D eigenvalue weighted by Gasteiger charge is 2.30. The van der Waals surface area contributed by atoms with Crippen LogP contribution in [0.1, 0.15) is 11.1 Å². The first-order valence-electron chi connectivity index (χ1n) is 10.9. The van der Waals surface area contributed by atoms with Crippen LogP contribution in [0.3, 0.4) is 0 Å². The van der Waals surface area contributed by atoms with E-state index >= 15 is 0 Å². The lowest BCUT2D eigenvalue weighted by Gasteiger charge is -2.21. The fourth-order valence-corrected chi connectivity index (χ4v) is 3.88. The number of alkyl halides is 3. The van der Waals surface area contributed by atoms with Crippen molar-refractivity contribution in [3.8, 4) is 17.2 Å². The zero-order valence-electron chi connectivity index (χ0n) is 19.0. The Morgan fingerprint density at radius 2 is 1.89 bits per heavy atom. The number of likely N-dealkylation sites (N-methyl/N-ethyl adjacent to an activating group) is 1. The number of hydrogen-bond donors (Lipinski definition) is 0. The molecule has 1 aliphatic heterocycles. The fraction of sp³-hybridized carbons (Fsp3) is 0.250. The third kappa shape index (κ3) is 4.49. The standard InChI is InChI=1S/C24H20F3N5O4/c1-30(12-15-5-6-19-20(9-15)36-8-7-35-19)21(33)13-31-14-28-22-18(23(31)34)11-29-32(22)17-4-2-3-16(10-17)24(25,26)27/h2-6,9-11,14H,7-8,12-13H2,1H3. The lowest BCUT2D eigenvalue weighted by atomic mass is 10.2. The van der Waals surface area contributed by atoms with Gasteiger partial charge in [0.25, 0.3) is 5.56 Å². The van der Waals surface area contributed by atoms with Gasteiger partial charge in [0.1, 0.15) is 31.5 Å². The van der Waals surface area contributed by atoms with Gasteiger partial charge in [-0.1, -0.05) is 12.1 Å². The van der Waals surface area contributed by atoms with Crippen molar-refractivity contribution in [2.45, 2.75) is 19.3 Å². The van der Waals surface area contributed by atoms with E-state index in [4.69, 9.17) is 9.47 Å². The number of nitrogens with zero attached hydrogens (tertiary/aromatic N) is 5. The van der Waals surface area contributed by atoms with Gasteiger partial charge in [0, 0.05) is 13.6 Å². The highest BCUT2D eigenvalue weighted by Crippen LogP contribution is 2.32. The van der Waals surface area contributed by atoms with Gasteiger partial charge in [-0.25, -0.2) is 9.67 Å². The molecule has 36 heavy (non-hydrogen) atoms. The third-order valence-corrected chi connectivity index (χ3v) is 5.73. The first-order valence-corrected chi connectivity index (χ1v) is 10.9. The van der Waals surface area contributed by atoms with Crippen LogP contribution in [0.15, 0.2) is 59.8 Å². The van der Waals surface area contributed by atoms with Crippen LogP contribution in [0.5, 0.6) is 11.5 Å². The van der Waals surface area contributed by atoms with E-state index in [1.54, 1.807) is 19.2 Å². The Hall–Kier alpha value is -4.35. The Morgan fingerprint density at radius 3 is 2.67 bits per heavy atom. The molecule has 1 aliphatic rings. The number of hydrogen-bond acceptors (Lipinski definition) is 6. The molecule has 0 aliphatic carbocycles. The van der Waals surface area contributed by atoms with Gasteiger partial charge in [-0.2, -0.15) is 18.3 Å². The Morgan fingerprint density at radius 1 is 1.11 bits per heavy atom. The summed E-state index contributed by atoms with van der Waals surface area (Å²) in [7, 11) is 1.61. The van der Waals surface area contributed by atoms with Gasteiger partial charge in [0.15, 0.2) is 17.1 Å². The van der Waals surface area contributed by atoms with Crippen molar-refractivity contribution in [3.63, 3.8) is 0 Å². The van der Waals surface area contributed by atoms with E-state index in [0.29, 0.717) is 24.7 Å². The van der Waals surface area contributed by atoms with Gasteiger partial charge >= 0.3 is 6.18 Å². The summed E-state index contributed by atoms with van der Waals surface area (Å²) in [5.74, 6) is 0.928. The van der Waals surface area contributed by atoms with Crippen LogP contribution >= 0.6 is 0 Å². The van der Waals surface area contributed by atoms with Crippen molar-refractivity contribution < 1.29 is 27.4 Å². The lowest BCUT2D eigenvalue weighted by Crippen LogP contribution is -2.33. The zero-order chi connectivity index (χ0) is 25.4. The van der Waals surface area contributed by atoms with E-state index < -0.39 is 17.3 Å². The van der Waals surface area contributed by atoms with Gasteiger partial charge in [-0.15, -0.1) is 0 Å². The van der Waals surface area contributed by atoms with Crippen LogP contribution in [-0.2, 0) is 24.1 Å². The molecule has 186 valence electrons. The second-order valence-corrected chi connectivity index (χ2v) is 8.25. The maximum Gasteiger partial charge on any atom is 0.416 e. The number of halogens is 3. The summed E-state index contributed by atoms with van der Waals surface area (Å²) in [5, 5.41) is 4.13. The number of carbonyl (C=O) groups excluding carboxylic acids is 1. The van der Waals surface area contributed by atoms with Crippen molar-refractivity contribution in [3.05, 3.63) is 76.5 Å². The smallest absolute Gasteiger partial charge is 0.416 e. The Bertz CT molecular complexity index is 1510. The fourth-order valence-electron chi connectivity index (χ4n) is 3.88. The molecule has 0 spiro atoms. The summed E-state index contributed by atoms with van der Waals surface area (Å²) < 4.78 is 52.7. The molecular formula is C24H20F3N5O4. The van der Waals surface area contributed by atoms with Gasteiger partial charge in [0.2, 0.25) is 5.91 Å². The molecule has 0 N–H and O–H groups in total. The Balaban J connectivity index is 1.35. The normalized spacial score (nSPS) is 13.1. The molecule has 12 heteroatoms. The van der Waals surface area contributed by atoms with Crippen LogP contribution in [0.25, 0.3) is 16.7 Å². The zero-order valence-corrected chi connectivity index (χ0v) is 19.0. The lowest BCUT2D eigenvalue weighted by molar-refractivity contribution is -0.137. The van der Waals surface area contributed by atoms with Crippen molar-refractivity contribution >= 4 is 16.9 Å². The maximum atomic E-state index is 13.1. The van der Waals surface area contributed by atoms with Gasteiger partial charge in [0.05, 0.1) is 17.4 Å². The molecule has 0 bridgehead atoms. The van der Waals surface area contributed by atoms with Crippen LogP contribution in [0, 0.1) is 0 Å². The topological polar surface area (TPSA) is 91.5 Å². The van der Waals surface area contributed by atoms with Crippen LogP contribution in [0.4, 0.5) is 13.2 Å². The summed E-state index contributed by atoms with van der Waals surface area (Å²) >= 11 is 0. The molecule has 0 fully saturated rings. The molecule has 0 radical (unpaired) electrons. The molecule has 0 saturated heterocycles. The Labute approximate surface area is 202 Å². The predicted octanol–water partition coefficient (Wildman–Crippen LogP) is 3.03. The minimum absolute atomic E-state index is 0.0807. The second-order valence-electron chi connectivity index (χ2n) is 8.25. The SMILES string of the molecule is CN(Cc1ccc2c(c1)OCCO2)C(=O)Cn1cnc2c(cnn2-c2cccc(C(F)(F)F)c2)c1=O. The number of ether oxygens (including phenoxy) is 2. The number of rotatable bonds is 5. The van der Waals surface area contributed by atoms with Crippen molar-refractivity contribution in [1.82, 2.24) is 24.2 Å². The first kappa shape index (κ1) is 23.4. The molecule has 2 aromatic carbocycles. The summed E-state index contributed by atoms with van der Waals surface area (Å²) in [5.41, 5.74) is -0.339. The van der Waals surface area contributed by atoms with Gasteiger partial charge in [-0.05, 0) is 35.9 Å². The molecule has 0 atom stereocenters. The maximum absolute atomic E-state index is 13.1. The molecule has 3 heterocycles. The summed E-state index contributed by atoms with van der Waals surface area (Å²) in [6.45, 7) is 0.954. The van der Waals surface area contributed by atoms with Crippen LogP contribution in [-0.4, -0.2) is 50.4 Å². The number of benzene rings is 2. The molecule has 2 aromatic heterocycles. The van der Waals surface area contributed by atoms with E-state index in [9.17, 15) is 22.8 Å². The second kappa shape index (κ2) is 9.02. The van der Waals surface area contributed by atoms with E-state index in [0.717, 1.165) is 26.9 Å². The molecular weight excluding hydrogens is 479 g/mol. The van der Waals surface area contributed by atoms with E-state index in [2.05, 4.69) is 10.1 Å². The van der Waals surface area contributed by atoms with E-state index in [-0.39, 0.29) is 35.7 Å². The van der Waals surface area contributed by atoms with E-state index in [1.165, 1.54) is 29.6 Å². The minimum atomic E-state index is -4.52. The van der Waals surface area contributed by atoms with Crippen molar-refractivity contribution in [2.24, 2.45) is 0 Å². The van der Waals surface area contributed by atoms with E-state index in [1.807, 2.05) is 6.07 Å². The van der Waals surface area contributed by atoms with Crippen molar-refractivity contribution in [1.29, 1.82) is 0 Å². The highest BCUT2D eigenvalue weighted by atomic mass is 19.4. The molecule has 5 rings (SSSR count). The predicted molar refractivity (Wildman–Crippen MR) is 122 cm³/mol. The monoisotopic (exact) mass is 499 g/mol. The summed E-state index contributed by atoms with van der Waals surface area (Å²) in [6.07, 6.45) is -2.11. The van der Waals surface area contributed by atoms with Gasteiger partial charge in [-0.3, -0.25) is 14.2 Å². The molecule has 0 saturated carbocycles. The Kier molecular flexibility index (Phi) is 5.86. The minimum Gasteiger partial charge on any atom is -0.486 e. The van der Waals surface area contributed by atoms with Crippen molar-refractivity contribution in [2.75, 3.05) is 20.3 Å². The largest absolute Gasteiger partial charge is 0.486 e. The molecule has 9 nitrogen and oxygen atoms in total. The summed E-state index contributed by atoms with van der Waals surface area (Å²) in [6, 6.07) is 9.99. The van der Waals surface area contributed by atoms with Gasteiger partial charge < -0.3 is 14.4 Å². The third-order valence-electron chi connectivity index (χ3n) is 5.73. The van der Waals surface area contributed by atoms with Crippen LogP contribution < -0.4 is 15.0 Å². The molecule has 0 unspecified atom stereocenters. The summed E-state index contributed by atoms with van der Waals surface area (Å²) in [4.78, 5) is 31.4. The molecule has 4 aromatic rings.